The summed E-state index contributed by atoms with van der Waals surface area (Å²) in [4.78, 5) is 11.1. The van der Waals surface area contributed by atoms with E-state index < -0.39 is 24.7 Å². The second-order valence-electron chi connectivity index (χ2n) is 2.97. The predicted molar refractivity (Wildman–Crippen MR) is 43.9 cm³/mol. The van der Waals surface area contributed by atoms with Gasteiger partial charge in [0.25, 0.3) is 0 Å². The SMILES string of the molecule is CCOC(=O)[C@H]1C[C@H](OC(F)F)CN1. The van der Waals surface area contributed by atoms with Crippen molar-refractivity contribution >= 4 is 5.97 Å². The van der Waals surface area contributed by atoms with Crippen LogP contribution < -0.4 is 5.32 Å². The van der Waals surface area contributed by atoms with Crippen LogP contribution in [0.4, 0.5) is 8.78 Å². The Hall–Kier alpha value is -0.750. The number of carbonyl (C=O) groups excluding carboxylic acids is 1. The van der Waals surface area contributed by atoms with Crippen molar-refractivity contribution in [3.8, 4) is 0 Å². The van der Waals surface area contributed by atoms with Gasteiger partial charge in [0.1, 0.15) is 6.04 Å². The molecule has 0 unspecified atom stereocenters. The molecule has 1 N–H and O–H groups in total. The molecule has 0 aromatic rings. The van der Waals surface area contributed by atoms with Gasteiger partial charge in [-0.3, -0.25) is 4.79 Å². The molecule has 0 aromatic carbocycles. The molecule has 1 saturated heterocycles. The van der Waals surface area contributed by atoms with Crippen LogP contribution in [0.5, 0.6) is 0 Å². The number of ether oxygens (including phenoxy) is 2. The predicted octanol–water partition coefficient (Wildman–Crippen LogP) is 0.519. The summed E-state index contributed by atoms with van der Waals surface area (Å²) in [5, 5.41) is 2.76. The second kappa shape index (κ2) is 5.21. The topological polar surface area (TPSA) is 47.6 Å². The summed E-state index contributed by atoms with van der Waals surface area (Å²) in [5.41, 5.74) is 0. The highest BCUT2D eigenvalue weighted by Crippen LogP contribution is 2.14. The molecule has 2 atom stereocenters. The highest BCUT2D eigenvalue weighted by molar-refractivity contribution is 5.76. The summed E-state index contributed by atoms with van der Waals surface area (Å²) >= 11 is 0. The van der Waals surface area contributed by atoms with Crippen molar-refractivity contribution in [3.63, 3.8) is 0 Å². The first-order valence-electron chi connectivity index (χ1n) is 4.47. The number of rotatable bonds is 4. The van der Waals surface area contributed by atoms with E-state index in [4.69, 9.17) is 4.74 Å². The molecule has 1 aliphatic rings. The van der Waals surface area contributed by atoms with Crippen molar-refractivity contribution < 1.29 is 23.0 Å². The molecule has 82 valence electrons. The van der Waals surface area contributed by atoms with Gasteiger partial charge < -0.3 is 14.8 Å². The van der Waals surface area contributed by atoms with Crippen molar-refractivity contribution in [2.24, 2.45) is 0 Å². The van der Waals surface area contributed by atoms with E-state index in [2.05, 4.69) is 10.1 Å². The molecule has 0 bridgehead atoms. The zero-order chi connectivity index (χ0) is 10.6. The number of carbonyl (C=O) groups is 1. The molecule has 0 aromatic heterocycles. The lowest BCUT2D eigenvalue weighted by molar-refractivity contribution is -0.159. The molecule has 0 radical (unpaired) electrons. The van der Waals surface area contributed by atoms with Crippen LogP contribution in [0.1, 0.15) is 13.3 Å². The largest absolute Gasteiger partial charge is 0.465 e. The van der Waals surface area contributed by atoms with Crippen LogP contribution in [0.2, 0.25) is 0 Å². The fraction of sp³-hybridized carbons (Fsp3) is 0.875. The van der Waals surface area contributed by atoms with E-state index >= 15 is 0 Å². The molecule has 14 heavy (non-hydrogen) atoms. The summed E-state index contributed by atoms with van der Waals surface area (Å²) in [6.07, 6.45) is -0.368. The molecule has 0 spiro atoms. The second-order valence-corrected chi connectivity index (χ2v) is 2.97. The van der Waals surface area contributed by atoms with Gasteiger partial charge >= 0.3 is 12.6 Å². The van der Waals surface area contributed by atoms with Crippen molar-refractivity contribution in [2.75, 3.05) is 13.2 Å². The first-order valence-corrected chi connectivity index (χ1v) is 4.47. The zero-order valence-corrected chi connectivity index (χ0v) is 7.83. The third-order valence-corrected chi connectivity index (χ3v) is 1.96. The Labute approximate surface area is 80.6 Å². The summed E-state index contributed by atoms with van der Waals surface area (Å²) in [7, 11) is 0. The molecule has 1 fully saturated rings. The number of alkyl halides is 2. The first kappa shape index (κ1) is 11.3. The summed E-state index contributed by atoms with van der Waals surface area (Å²) in [6.45, 7) is -0.548. The Morgan fingerprint density at radius 3 is 2.93 bits per heavy atom. The maximum Gasteiger partial charge on any atom is 0.345 e. The van der Waals surface area contributed by atoms with Gasteiger partial charge in [0.2, 0.25) is 0 Å². The fourth-order valence-electron chi connectivity index (χ4n) is 1.37. The monoisotopic (exact) mass is 209 g/mol. The minimum absolute atomic E-state index is 0.239. The fourth-order valence-corrected chi connectivity index (χ4v) is 1.37. The lowest BCUT2D eigenvalue weighted by Gasteiger charge is -2.09. The van der Waals surface area contributed by atoms with Crippen LogP contribution in [0.25, 0.3) is 0 Å². The molecule has 1 heterocycles. The number of nitrogens with one attached hydrogen (secondary N) is 1. The molecular formula is C8H13F2NO3. The highest BCUT2D eigenvalue weighted by Gasteiger charge is 2.32. The minimum atomic E-state index is -2.79. The Balaban J connectivity index is 2.29. The Kier molecular flexibility index (Phi) is 4.21. The van der Waals surface area contributed by atoms with Crippen molar-refractivity contribution in [1.82, 2.24) is 5.32 Å². The average Bonchev–Trinajstić information content (AvgIpc) is 2.52. The van der Waals surface area contributed by atoms with Gasteiger partial charge in [0.15, 0.2) is 0 Å². The van der Waals surface area contributed by atoms with Gasteiger partial charge in [-0.2, -0.15) is 8.78 Å². The van der Waals surface area contributed by atoms with Crippen molar-refractivity contribution in [1.29, 1.82) is 0 Å². The van der Waals surface area contributed by atoms with Gasteiger partial charge in [0.05, 0.1) is 12.7 Å². The van der Waals surface area contributed by atoms with Crippen LogP contribution in [0.3, 0.4) is 0 Å². The number of hydrogen-bond acceptors (Lipinski definition) is 4. The first-order chi connectivity index (χ1) is 6.63. The van der Waals surface area contributed by atoms with Crippen LogP contribution in [0, 0.1) is 0 Å². The lowest BCUT2D eigenvalue weighted by atomic mass is 10.2. The van der Waals surface area contributed by atoms with E-state index in [0.29, 0.717) is 0 Å². The van der Waals surface area contributed by atoms with Crippen LogP contribution in [-0.4, -0.2) is 37.9 Å². The van der Waals surface area contributed by atoms with Gasteiger partial charge in [-0.15, -0.1) is 0 Å². The average molecular weight is 209 g/mol. The quantitative estimate of drug-likeness (QED) is 0.686. The van der Waals surface area contributed by atoms with Gasteiger partial charge in [0, 0.05) is 13.0 Å². The molecule has 1 rings (SSSR count). The van der Waals surface area contributed by atoms with Crippen LogP contribution in [0.15, 0.2) is 0 Å². The smallest absolute Gasteiger partial charge is 0.345 e. The Bertz CT molecular complexity index is 201. The van der Waals surface area contributed by atoms with Gasteiger partial charge in [-0.05, 0) is 6.92 Å². The third kappa shape index (κ3) is 3.19. The maximum absolute atomic E-state index is 11.8. The van der Waals surface area contributed by atoms with E-state index in [-0.39, 0.29) is 19.6 Å². The lowest BCUT2D eigenvalue weighted by Crippen LogP contribution is -2.32. The van der Waals surface area contributed by atoms with E-state index in [1.807, 2.05) is 0 Å². The standard InChI is InChI=1S/C8H13F2NO3/c1-2-13-7(12)6-3-5(4-11-6)14-8(9)10/h5-6,8,11H,2-4H2,1H3/t5-,6+/m0/s1. The van der Waals surface area contributed by atoms with Gasteiger partial charge in [-0.1, -0.05) is 0 Å². The molecule has 0 aliphatic carbocycles. The van der Waals surface area contributed by atoms with Crippen molar-refractivity contribution in [2.45, 2.75) is 32.1 Å². The van der Waals surface area contributed by atoms with Crippen molar-refractivity contribution in [3.05, 3.63) is 0 Å². The molecule has 0 amide bonds. The minimum Gasteiger partial charge on any atom is -0.465 e. The Morgan fingerprint density at radius 1 is 1.64 bits per heavy atom. The summed E-state index contributed by atoms with van der Waals surface area (Å²) in [5.74, 6) is -0.409. The Morgan fingerprint density at radius 2 is 2.36 bits per heavy atom. The summed E-state index contributed by atoms with van der Waals surface area (Å²) < 4.78 is 32.6. The number of hydrogen-bond donors (Lipinski definition) is 1. The zero-order valence-electron chi connectivity index (χ0n) is 7.83. The molecule has 0 saturated carbocycles. The van der Waals surface area contributed by atoms with E-state index in [9.17, 15) is 13.6 Å². The van der Waals surface area contributed by atoms with Crippen LogP contribution >= 0.6 is 0 Å². The van der Waals surface area contributed by atoms with E-state index in [1.165, 1.54) is 0 Å². The van der Waals surface area contributed by atoms with Gasteiger partial charge in [-0.25, -0.2) is 0 Å². The van der Waals surface area contributed by atoms with E-state index in [1.54, 1.807) is 6.92 Å². The van der Waals surface area contributed by atoms with E-state index in [0.717, 1.165) is 0 Å². The summed E-state index contributed by atoms with van der Waals surface area (Å²) in [6, 6.07) is -0.515. The maximum atomic E-state index is 11.8. The highest BCUT2D eigenvalue weighted by atomic mass is 19.3. The molecular weight excluding hydrogens is 196 g/mol. The molecule has 1 aliphatic heterocycles. The molecule has 4 nitrogen and oxygen atoms in total. The number of esters is 1. The normalized spacial score (nSPS) is 26.9. The molecule has 6 heteroatoms. The number of halogens is 2. The van der Waals surface area contributed by atoms with Crippen LogP contribution in [-0.2, 0) is 14.3 Å². The third-order valence-electron chi connectivity index (χ3n) is 1.96.